The van der Waals surface area contributed by atoms with Crippen LogP contribution in [-0.2, 0) is 11.3 Å². The van der Waals surface area contributed by atoms with E-state index in [1.165, 1.54) is 10.1 Å². The highest BCUT2D eigenvalue weighted by molar-refractivity contribution is 5.91. The number of pyridine rings is 1. The largest absolute Gasteiger partial charge is 0.346 e. The topological polar surface area (TPSA) is 104 Å². The van der Waals surface area contributed by atoms with Crippen LogP contribution in [0.4, 0.5) is 0 Å². The molecule has 1 aromatic carbocycles. The Morgan fingerprint density at radius 3 is 2.77 bits per heavy atom. The van der Waals surface area contributed by atoms with E-state index in [0.717, 1.165) is 23.0 Å². The number of fused-ring (bicyclic) bond motifs is 2. The van der Waals surface area contributed by atoms with Crippen LogP contribution in [0.2, 0.25) is 0 Å². The minimum Gasteiger partial charge on any atom is -0.346 e. The van der Waals surface area contributed by atoms with Gasteiger partial charge in [0.25, 0.3) is 5.56 Å². The monoisotopic (exact) mass is 401 g/mol. The molecule has 0 saturated carbocycles. The van der Waals surface area contributed by atoms with Crippen LogP contribution in [0.3, 0.4) is 0 Å². The SMILES string of the molecule is O=C(Cn1c(=O)[nH]c(=O)c2ccccc21)N1CC=C(c2c[nH]c3ncccc23)CC1. The number of rotatable bonds is 3. The minimum absolute atomic E-state index is 0.115. The van der Waals surface area contributed by atoms with E-state index >= 15 is 0 Å². The van der Waals surface area contributed by atoms with Crippen molar-refractivity contribution in [2.24, 2.45) is 0 Å². The van der Waals surface area contributed by atoms with Crippen LogP contribution in [0.15, 0.2) is 64.5 Å². The van der Waals surface area contributed by atoms with Crippen LogP contribution in [0.25, 0.3) is 27.5 Å². The number of para-hydroxylation sites is 1. The lowest BCUT2D eigenvalue weighted by Crippen LogP contribution is -2.40. The lowest BCUT2D eigenvalue weighted by molar-refractivity contribution is -0.131. The highest BCUT2D eigenvalue weighted by atomic mass is 16.2. The zero-order valence-corrected chi connectivity index (χ0v) is 16.1. The van der Waals surface area contributed by atoms with Gasteiger partial charge in [-0.05, 0) is 36.3 Å². The molecule has 8 nitrogen and oxygen atoms in total. The van der Waals surface area contributed by atoms with Gasteiger partial charge in [0.2, 0.25) is 5.91 Å². The molecule has 1 aliphatic rings. The normalized spacial score (nSPS) is 14.3. The van der Waals surface area contributed by atoms with E-state index in [9.17, 15) is 14.4 Å². The summed E-state index contributed by atoms with van der Waals surface area (Å²) in [5, 5.41) is 1.45. The third kappa shape index (κ3) is 3.02. The summed E-state index contributed by atoms with van der Waals surface area (Å²) < 4.78 is 1.32. The molecule has 8 heteroatoms. The Balaban J connectivity index is 1.39. The number of amides is 1. The fraction of sp³-hybridized carbons (Fsp3) is 0.182. The third-order valence-electron chi connectivity index (χ3n) is 5.56. The lowest BCUT2D eigenvalue weighted by Gasteiger charge is -2.27. The highest BCUT2D eigenvalue weighted by Gasteiger charge is 2.21. The maximum absolute atomic E-state index is 12.9. The zero-order valence-electron chi connectivity index (χ0n) is 16.1. The van der Waals surface area contributed by atoms with Crippen molar-refractivity contribution in [3.8, 4) is 0 Å². The molecular formula is C22H19N5O3. The average molecular weight is 401 g/mol. The summed E-state index contributed by atoms with van der Waals surface area (Å²) in [4.78, 5) is 48.7. The number of carbonyl (C=O) groups is 1. The lowest BCUT2D eigenvalue weighted by atomic mass is 9.99. The Bertz CT molecular complexity index is 1430. The van der Waals surface area contributed by atoms with Gasteiger partial charge >= 0.3 is 5.69 Å². The summed E-state index contributed by atoms with van der Waals surface area (Å²) in [5.41, 5.74) is 2.55. The number of nitrogens with one attached hydrogen (secondary N) is 2. The van der Waals surface area contributed by atoms with Crippen molar-refractivity contribution in [2.45, 2.75) is 13.0 Å². The molecule has 1 aliphatic heterocycles. The maximum Gasteiger partial charge on any atom is 0.329 e. The summed E-state index contributed by atoms with van der Waals surface area (Å²) in [6.45, 7) is 0.918. The van der Waals surface area contributed by atoms with Crippen molar-refractivity contribution >= 4 is 33.4 Å². The Morgan fingerprint density at radius 1 is 1.10 bits per heavy atom. The van der Waals surface area contributed by atoms with E-state index in [1.807, 2.05) is 24.4 Å². The second kappa shape index (κ2) is 7.14. The van der Waals surface area contributed by atoms with Crippen molar-refractivity contribution in [1.82, 2.24) is 24.4 Å². The molecule has 0 bridgehead atoms. The van der Waals surface area contributed by atoms with Gasteiger partial charge in [-0.1, -0.05) is 18.2 Å². The van der Waals surface area contributed by atoms with Crippen LogP contribution in [-0.4, -0.2) is 43.4 Å². The molecule has 5 rings (SSSR count). The van der Waals surface area contributed by atoms with Crippen LogP contribution in [0.5, 0.6) is 0 Å². The predicted octanol–water partition coefficient (Wildman–Crippen LogP) is 1.88. The number of nitrogens with zero attached hydrogens (tertiary/aromatic N) is 3. The number of H-pyrrole nitrogens is 2. The molecule has 0 unspecified atom stereocenters. The van der Waals surface area contributed by atoms with Gasteiger partial charge in [0.05, 0.1) is 10.9 Å². The molecule has 0 radical (unpaired) electrons. The molecule has 4 aromatic rings. The van der Waals surface area contributed by atoms with Crippen LogP contribution >= 0.6 is 0 Å². The van der Waals surface area contributed by atoms with Crippen molar-refractivity contribution in [3.63, 3.8) is 0 Å². The molecule has 2 N–H and O–H groups in total. The van der Waals surface area contributed by atoms with Gasteiger partial charge in [0, 0.05) is 36.4 Å². The molecular weight excluding hydrogens is 382 g/mol. The summed E-state index contributed by atoms with van der Waals surface area (Å²) >= 11 is 0. The van der Waals surface area contributed by atoms with E-state index in [-0.39, 0.29) is 12.5 Å². The first-order valence-corrected chi connectivity index (χ1v) is 9.73. The van der Waals surface area contributed by atoms with Gasteiger partial charge in [-0.25, -0.2) is 9.78 Å². The van der Waals surface area contributed by atoms with Gasteiger partial charge in [0.15, 0.2) is 0 Å². The molecule has 30 heavy (non-hydrogen) atoms. The van der Waals surface area contributed by atoms with Crippen molar-refractivity contribution in [1.29, 1.82) is 0 Å². The Kier molecular flexibility index (Phi) is 4.31. The number of carbonyl (C=O) groups excluding carboxylic acids is 1. The Morgan fingerprint density at radius 2 is 1.93 bits per heavy atom. The van der Waals surface area contributed by atoms with E-state index in [1.54, 1.807) is 35.4 Å². The van der Waals surface area contributed by atoms with Crippen LogP contribution < -0.4 is 11.2 Å². The van der Waals surface area contributed by atoms with Gasteiger partial charge < -0.3 is 9.88 Å². The minimum atomic E-state index is -0.577. The number of hydrogen-bond acceptors (Lipinski definition) is 4. The molecule has 0 aliphatic carbocycles. The average Bonchev–Trinajstić information content (AvgIpc) is 3.21. The van der Waals surface area contributed by atoms with Gasteiger partial charge in [-0.15, -0.1) is 0 Å². The summed E-state index contributed by atoms with van der Waals surface area (Å²) in [7, 11) is 0. The highest BCUT2D eigenvalue weighted by Crippen LogP contribution is 2.28. The third-order valence-corrected chi connectivity index (χ3v) is 5.56. The number of aromatic nitrogens is 4. The van der Waals surface area contributed by atoms with Gasteiger partial charge in [0.1, 0.15) is 12.2 Å². The van der Waals surface area contributed by atoms with Crippen molar-refractivity contribution in [2.75, 3.05) is 13.1 Å². The number of benzene rings is 1. The fourth-order valence-corrected chi connectivity index (χ4v) is 4.00. The molecule has 0 atom stereocenters. The molecule has 0 saturated heterocycles. The maximum atomic E-state index is 12.9. The Hall–Kier alpha value is -3.94. The van der Waals surface area contributed by atoms with Crippen LogP contribution in [0.1, 0.15) is 12.0 Å². The molecule has 0 spiro atoms. The molecule has 4 heterocycles. The molecule has 0 fully saturated rings. The van der Waals surface area contributed by atoms with E-state index in [0.29, 0.717) is 24.0 Å². The van der Waals surface area contributed by atoms with Crippen LogP contribution in [0, 0.1) is 0 Å². The smallest absolute Gasteiger partial charge is 0.329 e. The van der Waals surface area contributed by atoms with E-state index in [4.69, 9.17) is 0 Å². The summed E-state index contributed by atoms with van der Waals surface area (Å²) in [6.07, 6.45) is 6.47. The first kappa shape index (κ1) is 18.1. The van der Waals surface area contributed by atoms with E-state index in [2.05, 4.69) is 15.0 Å². The summed E-state index contributed by atoms with van der Waals surface area (Å²) in [5.74, 6) is -0.162. The Labute approximate surface area is 170 Å². The quantitative estimate of drug-likeness (QED) is 0.547. The standard InChI is InChI=1S/C22H19N5O3/c28-19(13-27-18-6-2-1-4-16(18)21(29)25-22(27)30)26-10-7-14(8-11-26)17-12-24-20-15(17)5-3-9-23-20/h1-7,9,12H,8,10-11,13H2,(H,23,24)(H,25,29,30). The molecule has 1 amide bonds. The zero-order chi connectivity index (χ0) is 20.7. The predicted molar refractivity (Wildman–Crippen MR) is 114 cm³/mol. The van der Waals surface area contributed by atoms with Gasteiger partial charge in [-0.3, -0.25) is 19.1 Å². The van der Waals surface area contributed by atoms with Crippen molar-refractivity contribution in [3.05, 3.63) is 81.3 Å². The number of aromatic amines is 2. The first-order valence-electron chi connectivity index (χ1n) is 9.73. The van der Waals surface area contributed by atoms with E-state index < -0.39 is 11.2 Å². The second-order valence-corrected chi connectivity index (χ2v) is 7.28. The second-order valence-electron chi connectivity index (χ2n) is 7.28. The number of hydrogen-bond donors (Lipinski definition) is 2. The molecule has 150 valence electrons. The summed E-state index contributed by atoms with van der Waals surface area (Å²) in [6, 6.07) is 10.7. The van der Waals surface area contributed by atoms with Crippen molar-refractivity contribution < 1.29 is 4.79 Å². The first-order chi connectivity index (χ1) is 14.6. The fourth-order valence-electron chi connectivity index (χ4n) is 4.00. The molecule has 3 aromatic heterocycles. The van der Waals surface area contributed by atoms with Gasteiger partial charge in [-0.2, -0.15) is 0 Å².